The van der Waals surface area contributed by atoms with Crippen molar-refractivity contribution in [2.24, 2.45) is 0 Å². The highest BCUT2D eigenvalue weighted by atomic mass is 32.2. The van der Waals surface area contributed by atoms with Crippen LogP contribution >= 0.6 is 0 Å². The molecular weight excluding hydrogens is 335 g/mol. The van der Waals surface area contributed by atoms with Gasteiger partial charge in [0, 0.05) is 0 Å². The van der Waals surface area contributed by atoms with Crippen molar-refractivity contribution in [1.82, 2.24) is 0 Å². The maximum Gasteiger partial charge on any atom is 0.573 e. The fourth-order valence-electron chi connectivity index (χ4n) is 1.57. The minimum Gasteiger partial charge on any atom is -0.406 e. The molecule has 5 nitrogen and oxygen atoms in total. The molecule has 120 valence electrons. The Morgan fingerprint density at radius 1 is 0.913 bits per heavy atom. The molecule has 0 saturated heterocycles. The van der Waals surface area contributed by atoms with Crippen molar-refractivity contribution in [3.63, 3.8) is 0 Å². The van der Waals surface area contributed by atoms with Crippen molar-refractivity contribution in [2.45, 2.75) is 11.3 Å². The zero-order chi connectivity index (χ0) is 17.1. The fraction of sp³-hybridized carbons (Fsp3) is 0.0714. The van der Waals surface area contributed by atoms with Gasteiger partial charge in [-0.15, -0.1) is 13.2 Å². The first-order valence-electron chi connectivity index (χ1n) is 6.00. The summed E-state index contributed by atoms with van der Waals surface area (Å²) in [6, 6.07) is 10.8. The van der Waals surface area contributed by atoms with Gasteiger partial charge in [0.1, 0.15) is 16.4 Å². The Kier molecular flexibility index (Phi) is 4.47. The summed E-state index contributed by atoms with van der Waals surface area (Å²) in [6.45, 7) is 0. The van der Waals surface area contributed by atoms with Crippen LogP contribution in [0.5, 0.6) is 11.5 Å². The first kappa shape index (κ1) is 16.6. The molecule has 0 fully saturated rings. The van der Waals surface area contributed by atoms with Crippen LogP contribution in [0, 0.1) is 11.3 Å². The topological polar surface area (TPSA) is 76.4 Å². The molecule has 0 aliphatic carbocycles. The van der Waals surface area contributed by atoms with Crippen LogP contribution in [0.4, 0.5) is 13.2 Å². The lowest BCUT2D eigenvalue weighted by Gasteiger charge is -2.10. The van der Waals surface area contributed by atoms with Crippen molar-refractivity contribution in [3.05, 3.63) is 54.1 Å². The van der Waals surface area contributed by atoms with E-state index in [1.165, 1.54) is 24.3 Å². The van der Waals surface area contributed by atoms with Crippen LogP contribution in [-0.4, -0.2) is 14.8 Å². The molecule has 0 unspecified atom stereocenters. The first-order valence-corrected chi connectivity index (χ1v) is 7.41. The summed E-state index contributed by atoms with van der Waals surface area (Å²) < 4.78 is 68.6. The minimum atomic E-state index is -4.86. The predicted octanol–water partition coefficient (Wildman–Crippen LogP) is 3.22. The molecule has 0 N–H and O–H groups in total. The Morgan fingerprint density at radius 3 is 1.91 bits per heavy atom. The highest BCUT2D eigenvalue weighted by Gasteiger charge is 2.31. The van der Waals surface area contributed by atoms with Gasteiger partial charge in [-0.05, 0) is 48.5 Å². The fourth-order valence-corrected chi connectivity index (χ4v) is 2.50. The van der Waals surface area contributed by atoms with E-state index in [-0.39, 0.29) is 10.6 Å². The van der Waals surface area contributed by atoms with E-state index in [1.54, 1.807) is 0 Å². The van der Waals surface area contributed by atoms with E-state index < -0.39 is 22.2 Å². The Labute approximate surface area is 129 Å². The molecule has 0 heterocycles. The molecule has 2 aromatic rings. The second-order valence-corrected chi connectivity index (χ2v) is 5.74. The summed E-state index contributed by atoms with van der Waals surface area (Å²) in [5.74, 6) is -0.575. The lowest BCUT2D eigenvalue weighted by Crippen LogP contribution is -2.17. The second kappa shape index (κ2) is 6.18. The number of hydrogen-bond acceptors (Lipinski definition) is 5. The van der Waals surface area contributed by atoms with Crippen LogP contribution < -0.4 is 8.92 Å². The van der Waals surface area contributed by atoms with Gasteiger partial charge in [0.2, 0.25) is 0 Å². The van der Waals surface area contributed by atoms with Gasteiger partial charge < -0.3 is 8.92 Å². The number of halogens is 3. The van der Waals surface area contributed by atoms with Gasteiger partial charge >= 0.3 is 16.5 Å². The van der Waals surface area contributed by atoms with Crippen molar-refractivity contribution in [2.75, 3.05) is 0 Å². The van der Waals surface area contributed by atoms with E-state index in [0.717, 1.165) is 24.3 Å². The molecule has 0 radical (unpaired) electrons. The molecule has 0 amide bonds. The smallest absolute Gasteiger partial charge is 0.406 e. The number of hydrogen-bond donors (Lipinski definition) is 0. The van der Waals surface area contributed by atoms with Gasteiger partial charge in [-0.1, -0.05) is 0 Å². The zero-order valence-electron chi connectivity index (χ0n) is 11.2. The standard InChI is InChI=1S/C14H8F3NO4S/c15-14(16,17)21-11-5-7-13(8-6-11)23(19,20)22-12-3-1-10(9-18)2-4-12/h1-8H. The largest absolute Gasteiger partial charge is 0.573 e. The number of nitrogens with zero attached hydrogens (tertiary/aromatic N) is 1. The van der Waals surface area contributed by atoms with Crippen molar-refractivity contribution in [1.29, 1.82) is 5.26 Å². The molecule has 9 heteroatoms. The molecule has 23 heavy (non-hydrogen) atoms. The van der Waals surface area contributed by atoms with Crippen LogP contribution in [0.1, 0.15) is 5.56 Å². The van der Waals surface area contributed by atoms with Gasteiger partial charge in [0.15, 0.2) is 0 Å². The Balaban J connectivity index is 2.17. The Bertz CT molecular complexity index is 822. The molecule has 0 atom stereocenters. The summed E-state index contributed by atoms with van der Waals surface area (Å²) in [4.78, 5) is -0.337. The van der Waals surface area contributed by atoms with Crippen LogP contribution in [0.3, 0.4) is 0 Å². The van der Waals surface area contributed by atoms with E-state index in [2.05, 4.69) is 4.74 Å². The van der Waals surface area contributed by atoms with Crippen LogP contribution in [0.25, 0.3) is 0 Å². The molecule has 0 aliphatic heterocycles. The highest BCUT2D eigenvalue weighted by molar-refractivity contribution is 7.87. The summed E-state index contributed by atoms with van der Waals surface area (Å²) >= 11 is 0. The molecule has 0 spiro atoms. The Hall–Kier alpha value is -2.73. The van der Waals surface area contributed by atoms with E-state index in [9.17, 15) is 21.6 Å². The molecule has 2 aromatic carbocycles. The number of ether oxygens (including phenoxy) is 1. The van der Waals surface area contributed by atoms with Gasteiger partial charge in [0.25, 0.3) is 0 Å². The molecule has 2 rings (SSSR count). The third-order valence-electron chi connectivity index (χ3n) is 2.54. The molecular formula is C14H8F3NO4S. The predicted molar refractivity (Wildman–Crippen MR) is 72.1 cm³/mol. The number of nitriles is 1. The number of benzene rings is 2. The number of rotatable bonds is 4. The maximum atomic E-state index is 12.0. The van der Waals surface area contributed by atoms with Gasteiger partial charge in [-0.2, -0.15) is 13.7 Å². The van der Waals surface area contributed by atoms with E-state index in [1.807, 2.05) is 6.07 Å². The minimum absolute atomic E-state index is 0.0281. The van der Waals surface area contributed by atoms with Crippen LogP contribution in [-0.2, 0) is 10.1 Å². The summed E-state index contributed by atoms with van der Waals surface area (Å²) in [5, 5.41) is 8.64. The zero-order valence-corrected chi connectivity index (χ0v) is 12.1. The third kappa shape index (κ3) is 4.62. The monoisotopic (exact) mass is 343 g/mol. The van der Waals surface area contributed by atoms with Gasteiger partial charge in [-0.25, -0.2) is 0 Å². The molecule has 0 bridgehead atoms. The van der Waals surface area contributed by atoms with E-state index >= 15 is 0 Å². The first-order chi connectivity index (χ1) is 10.7. The average Bonchev–Trinajstić information content (AvgIpc) is 2.46. The second-order valence-electron chi connectivity index (χ2n) is 4.19. The maximum absolute atomic E-state index is 12.0. The molecule has 0 saturated carbocycles. The summed E-state index contributed by atoms with van der Waals surface area (Å²) in [6.07, 6.45) is -4.86. The number of alkyl halides is 3. The molecule has 0 aromatic heterocycles. The quantitative estimate of drug-likeness (QED) is 0.797. The van der Waals surface area contributed by atoms with Crippen LogP contribution in [0.2, 0.25) is 0 Å². The molecule has 0 aliphatic rings. The van der Waals surface area contributed by atoms with Gasteiger partial charge in [0.05, 0.1) is 11.6 Å². The van der Waals surface area contributed by atoms with E-state index in [0.29, 0.717) is 5.56 Å². The summed E-state index contributed by atoms with van der Waals surface area (Å²) in [7, 11) is -4.21. The summed E-state index contributed by atoms with van der Waals surface area (Å²) in [5.41, 5.74) is 0.323. The third-order valence-corrected chi connectivity index (χ3v) is 3.80. The van der Waals surface area contributed by atoms with Gasteiger partial charge in [-0.3, -0.25) is 0 Å². The van der Waals surface area contributed by atoms with E-state index in [4.69, 9.17) is 9.44 Å². The van der Waals surface area contributed by atoms with Crippen molar-refractivity contribution in [3.8, 4) is 17.6 Å². The lowest BCUT2D eigenvalue weighted by molar-refractivity contribution is -0.274. The lowest BCUT2D eigenvalue weighted by atomic mass is 10.2. The van der Waals surface area contributed by atoms with Crippen molar-refractivity contribution >= 4 is 10.1 Å². The normalized spacial score (nSPS) is 11.6. The average molecular weight is 343 g/mol. The van der Waals surface area contributed by atoms with Crippen LogP contribution in [0.15, 0.2) is 53.4 Å². The highest BCUT2D eigenvalue weighted by Crippen LogP contribution is 2.25. The SMILES string of the molecule is N#Cc1ccc(OS(=O)(=O)c2ccc(OC(F)(F)F)cc2)cc1. The van der Waals surface area contributed by atoms with Crippen molar-refractivity contribution < 1.29 is 30.5 Å². The Morgan fingerprint density at radius 2 is 1.43 bits per heavy atom.